The molecule has 0 aliphatic heterocycles. The lowest BCUT2D eigenvalue weighted by Gasteiger charge is -2.09. The predicted octanol–water partition coefficient (Wildman–Crippen LogP) is 4.86. The van der Waals surface area contributed by atoms with Crippen LogP contribution in [0, 0.1) is 6.92 Å². The van der Waals surface area contributed by atoms with Crippen molar-refractivity contribution in [3.63, 3.8) is 0 Å². The Balaban J connectivity index is 1.97. The number of aromatic amines is 1. The SMILES string of the molecule is Cc1cc(Nc2ccccc2)c2ccc3ccccc3c2[nH+]1. The van der Waals surface area contributed by atoms with Crippen LogP contribution in [-0.2, 0) is 0 Å². The Labute approximate surface area is 129 Å². The minimum absolute atomic E-state index is 1.10. The number of hydrogen-bond acceptors (Lipinski definition) is 1. The maximum absolute atomic E-state index is 3.53. The van der Waals surface area contributed by atoms with E-state index in [0.717, 1.165) is 17.1 Å². The Morgan fingerprint density at radius 2 is 1.55 bits per heavy atom. The van der Waals surface area contributed by atoms with Crippen molar-refractivity contribution in [3.05, 3.63) is 78.5 Å². The summed E-state index contributed by atoms with van der Waals surface area (Å²) in [7, 11) is 0. The van der Waals surface area contributed by atoms with Gasteiger partial charge in [0.25, 0.3) is 0 Å². The monoisotopic (exact) mass is 285 g/mol. The largest absolute Gasteiger partial charge is 0.355 e. The third-order valence-electron chi connectivity index (χ3n) is 3.96. The van der Waals surface area contributed by atoms with Crippen LogP contribution in [-0.4, -0.2) is 0 Å². The van der Waals surface area contributed by atoms with Crippen molar-refractivity contribution < 1.29 is 4.98 Å². The molecule has 4 aromatic rings. The van der Waals surface area contributed by atoms with Gasteiger partial charge in [0, 0.05) is 18.7 Å². The van der Waals surface area contributed by atoms with Crippen LogP contribution in [0.5, 0.6) is 0 Å². The van der Waals surface area contributed by atoms with Gasteiger partial charge in [0.1, 0.15) is 0 Å². The fourth-order valence-electron chi connectivity index (χ4n) is 2.94. The fourth-order valence-corrected chi connectivity index (χ4v) is 2.94. The second-order valence-electron chi connectivity index (χ2n) is 5.57. The van der Waals surface area contributed by atoms with E-state index in [1.165, 1.54) is 21.7 Å². The molecule has 0 fully saturated rings. The average Bonchev–Trinajstić information content (AvgIpc) is 2.55. The first-order valence-electron chi connectivity index (χ1n) is 7.48. The molecule has 0 atom stereocenters. The highest BCUT2D eigenvalue weighted by Gasteiger charge is 2.12. The van der Waals surface area contributed by atoms with Gasteiger partial charge in [-0.15, -0.1) is 0 Å². The second-order valence-corrected chi connectivity index (χ2v) is 5.57. The number of pyridine rings is 1. The molecule has 4 rings (SSSR count). The van der Waals surface area contributed by atoms with Gasteiger partial charge in [0.2, 0.25) is 5.52 Å². The highest BCUT2D eigenvalue weighted by atomic mass is 14.9. The van der Waals surface area contributed by atoms with Crippen molar-refractivity contribution in [2.45, 2.75) is 6.92 Å². The fraction of sp³-hybridized carbons (Fsp3) is 0.0500. The lowest BCUT2D eigenvalue weighted by Crippen LogP contribution is -2.10. The minimum atomic E-state index is 1.10. The quantitative estimate of drug-likeness (QED) is 0.523. The summed E-state index contributed by atoms with van der Waals surface area (Å²) >= 11 is 0. The van der Waals surface area contributed by atoms with Crippen molar-refractivity contribution >= 4 is 33.1 Å². The Kier molecular flexibility index (Phi) is 3.01. The lowest BCUT2D eigenvalue weighted by atomic mass is 10.0. The molecule has 1 heterocycles. The van der Waals surface area contributed by atoms with Gasteiger partial charge in [-0.05, 0) is 29.7 Å². The van der Waals surface area contributed by atoms with Crippen molar-refractivity contribution in [3.8, 4) is 0 Å². The van der Waals surface area contributed by atoms with Crippen molar-refractivity contribution in [1.29, 1.82) is 0 Å². The Hall–Kier alpha value is -2.87. The summed E-state index contributed by atoms with van der Waals surface area (Å²) in [6, 6.07) is 25.3. The van der Waals surface area contributed by atoms with E-state index in [-0.39, 0.29) is 0 Å². The molecule has 1 aromatic heterocycles. The molecule has 22 heavy (non-hydrogen) atoms. The number of hydrogen-bond donors (Lipinski definition) is 1. The zero-order valence-electron chi connectivity index (χ0n) is 12.4. The van der Waals surface area contributed by atoms with Crippen LogP contribution >= 0.6 is 0 Å². The van der Waals surface area contributed by atoms with Crippen molar-refractivity contribution in [2.24, 2.45) is 0 Å². The molecule has 0 radical (unpaired) electrons. The third kappa shape index (κ3) is 2.19. The van der Waals surface area contributed by atoms with Gasteiger partial charge in [0.05, 0.1) is 16.5 Å². The molecule has 0 aliphatic carbocycles. The molecule has 2 heteroatoms. The van der Waals surface area contributed by atoms with Gasteiger partial charge in [-0.1, -0.05) is 42.5 Å². The van der Waals surface area contributed by atoms with Crippen LogP contribution in [0.4, 0.5) is 11.4 Å². The summed E-state index contributed by atoms with van der Waals surface area (Å²) in [6.45, 7) is 2.09. The zero-order chi connectivity index (χ0) is 14.9. The highest BCUT2D eigenvalue weighted by molar-refractivity contribution is 6.07. The molecule has 2 N–H and O–H groups in total. The summed E-state index contributed by atoms with van der Waals surface area (Å²) in [5.41, 5.74) is 4.55. The van der Waals surface area contributed by atoms with Crippen LogP contribution in [0.1, 0.15) is 5.69 Å². The number of rotatable bonds is 2. The molecule has 0 spiro atoms. The van der Waals surface area contributed by atoms with Crippen LogP contribution in [0.25, 0.3) is 21.7 Å². The number of fused-ring (bicyclic) bond motifs is 3. The van der Waals surface area contributed by atoms with Crippen LogP contribution in [0.3, 0.4) is 0 Å². The first kappa shape index (κ1) is 12.8. The van der Waals surface area contributed by atoms with E-state index in [1.807, 2.05) is 18.2 Å². The van der Waals surface area contributed by atoms with E-state index in [2.05, 4.69) is 71.8 Å². The topological polar surface area (TPSA) is 26.2 Å². The lowest BCUT2D eigenvalue weighted by molar-refractivity contribution is -0.353. The number of benzene rings is 3. The van der Waals surface area contributed by atoms with Crippen molar-refractivity contribution in [1.82, 2.24) is 0 Å². The third-order valence-corrected chi connectivity index (χ3v) is 3.96. The second kappa shape index (κ2) is 5.15. The standard InChI is InChI=1S/C20H16N2/c1-14-13-19(22-16-8-3-2-4-9-16)18-12-11-15-7-5-6-10-17(15)20(18)21-14/h2-13H,1H3,(H,21,22)/p+1. The minimum Gasteiger partial charge on any atom is -0.355 e. The summed E-state index contributed by atoms with van der Waals surface area (Å²) in [5, 5.41) is 7.24. The van der Waals surface area contributed by atoms with Gasteiger partial charge >= 0.3 is 0 Å². The smallest absolute Gasteiger partial charge is 0.221 e. The Morgan fingerprint density at radius 3 is 2.41 bits per heavy atom. The predicted molar refractivity (Wildman–Crippen MR) is 92.5 cm³/mol. The van der Waals surface area contributed by atoms with E-state index in [4.69, 9.17) is 0 Å². The number of nitrogens with one attached hydrogen (secondary N) is 2. The van der Waals surface area contributed by atoms with Crippen molar-refractivity contribution in [2.75, 3.05) is 5.32 Å². The molecule has 0 saturated carbocycles. The Bertz CT molecular complexity index is 959. The van der Waals surface area contributed by atoms with E-state index in [0.29, 0.717) is 0 Å². The van der Waals surface area contributed by atoms with Gasteiger partial charge in [0.15, 0.2) is 5.69 Å². The number of H-pyrrole nitrogens is 1. The van der Waals surface area contributed by atoms with E-state index < -0.39 is 0 Å². The number of aryl methyl sites for hydroxylation is 1. The summed E-state index contributed by atoms with van der Waals surface area (Å²) < 4.78 is 0. The van der Waals surface area contributed by atoms with E-state index in [9.17, 15) is 0 Å². The highest BCUT2D eigenvalue weighted by Crippen LogP contribution is 2.29. The van der Waals surface area contributed by atoms with Crippen LogP contribution in [0.15, 0.2) is 72.8 Å². The average molecular weight is 285 g/mol. The molecule has 0 aliphatic rings. The molecule has 106 valence electrons. The molecule has 0 bridgehead atoms. The number of para-hydroxylation sites is 1. The summed E-state index contributed by atoms with van der Waals surface area (Å²) in [5.74, 6) is 0. The van der Waals surface area contributed by atoms with Gasteiger partial charge < -0.3 is 5.32 Å². The number of anilines is 2. The number of aromatic nitrogens is 1. The maximum atomic E-state index is 3.53. The first-order valence-corrected chi connectivity index (χ1v) is 7.48. The molecule has 3 aromatic carbocycles. The normalized spacial score (nSPS) is 11.0. The summed E-state index contributed by atoms with van der Waals surface area (Å²) in [4.78, 5) is 3.52. The van der Waals surface area contributed by atoms with Gasteiger partial charge in [-0.25, -0.2) is 4.98 Å². The van der Waals surface area contributed by atoms with E-state index in [1.54, 1.807) is 0 Å². The molecular weight excluding hydrogens is 268 g/mol. The van der Waals surface area contributed by atoms with Gasteiger partial charge in [-0.3, -0.25) is 0 Å². The molecule has 0 amide bonds. The Morgan fingerprint density at radius 1 is 0.773 bits per heavy atom. The maximum Gasteiger partial charge on any atom is 0.221 e. The van der Waals surface area contributed by atoms with Crippen LogP contribution < -0.4 is 10.3 Å². The molecule has 0 unspecified atom stereocenters. The van der Waals surface area contributed by atoms with Gasteiger partial charge in [-0.2, -0.15) is 0 Å². The van der Waals surface area contributed by atoms with E-state index >= 15 is 0 Å². The first-order chi connectivity index (χ1) is 10.8. The molecule has 2 nitrogen and oxygen atoms in total. The molecular formula is C20H17N2+. The van der Waals surface area contributed by atoms with Crippen LogP contribution in [0.2, 0.25) is 0 Å². The summed E-state index contributed by atoms with van der Waals surface area (Å²) in [6.07, 6.45) is 0. The zero-order valence-corrected chi connectivity index (χ0v) is 12.4. The molecule has 0 saturated heterocycles.